The Morgan fingerprint density at radius 1 is 0.901 bits per heavy atom. The number of hydrogen-bond donors (Lipinski definition) is 4. The molecule has 2 bridgehead atoms. The van der Waals surface area contributed by atoms with Crippen LogP contribution in [0.4, 0.5) is 20.4 Å². The fourth-order valence-corrected chi connectivity index (χ4v) is 13.0. The number of carbonyl (C=O) groups excluding carboxylic acids is 6. The van der Waals surface area contributed by atoms with Gasteiger partial charge < -0.3 is 41.3 Å². The van der Waals surface area contributed by atoms with E-state index in [4.69, 9.17) is 20.8 Å². The number of nitrogen functional groups attached to an aromatic ring is 1. The van der Waals surface area contributed by atoms with E-state index in [1.807, 2.05) is 9.80 Å². The predicted molar refractivity (Wildman–Crippen MR) is 303 cm³/mol. The molecule has 0 saturated carbocycles. The molecule has 3 saturated heterocycles. The van der Waals surface area contributed by atoms with Gasteiger partial charge in [-0.25, -0.2) is 18.7 Å². The maximum absolute atomic E-state index is 14.7. The minimum atomic E-state index is -0.787. The summed E-state index contributed by atoms with van der Waals surface area (Å²) >= 11 is 1.47. The highest BCUT2D eigenvalue weighted by Gasteiger charge is 2.43. The van der Waals surface area contributed by atoms with Gasteiger partial charge in [0.1, 0.15) is 35.5 Å². The van der Waals surface area contributed by atoms with E-state index in [1.54, 1.807) is 25.9 Å². The van der Waals surface area contributed by atoms with Crippen LogP contribution < -0.4 is 26.6 Å². The molecule has 0 spiro atoms. The number of aliphatic imine (C=N–C) groups is 1. The number of ketones is 1. The highest BCUT2D eigenvalue weighted by Crippen LogP contribution is 2.41. The first-order valence-electron chi connectivity index (χ1n) is 28.4. The van der Waals surface area contributed by atoms with E-state index in [0.717, 1.165) is 50.0 Å². The van der Waals surface area contributed by atoms with Gasteiger partial charge in [0.25, 0.3) is 5.91 Å². The second-order valence-electron chi connectivity index (χ2n) is 21.8. The fraction of sp³-hybridized carbons (Fsp3) is 0.534. The van der Waals surface area contributed by atoms with E-state index in [2.05, 4.69) is 27.0 Å². The maximum Gasteiger partial charge on any atom is 0.254 e. The summed E-state index contributed by atoms with van der Waals surface area (Å²) in [5.41, 5.74) is 9.08. The van der Waals surface area contributed by atoms with Gasteiger partial charge in [-0.2, -0.15) is 10.4 Å². The van der Waals surface area contributed by atoms with Crippen LogP contribution in [0, 0.1) is 28.9 Å². The normalized spacial score (nSPS) is 19.8. The number of unbranched alkanes of at least 4 members (excludes halogenated alkanes) is 5. The number of aromatic nitrogens is 4. The average molecular weight is 1130 g/mol. The summed E-state index contributed by atoms with van der Waals surface area (Å²) in [7, 11) is 3.32. The van der Waals surface area contributed by atoms with E-state index >= 15 is 0 Å². The summed E-state index contributed by atoms with van der Waals surface area (Å²) in [6.07, 6.45) is 11.2. The molecule has 9 rings (SSSR count). The topological polar surface area (TPSA) is 257 Å². The molecule has 2 aromatic heterocycles. The molecule has 81 heavy (non-hydrogen) atoms. The number of likely N-dealkylation sites (tertiary alicyclic amines) is 2. The van der Waals surface area contributed by atoms with E-state index < -0.39 is 29.8 Å². The van der Waals surface area contributed by atoms with Crippen LogP contribution in [-0.4, -0.2) is 152 Å². The first-order chi connectivity index (χ1) is 39.1. The summed E-state index contributed by atoms with van der Waals surface area (Å²) < 4.78 is 29.8. The largest absolute Gasteiger partial charge is 0.381 e. The molecule has 23 heteroatoms. The molecular formula is C58H72F2N14O6S. The molecule has 3 fully saturated rings. The molecule has 20 nitrogen and oxygen atoms in total. The number of Topliss-reactive ketones (excluding diaryl/α,β-unsaturated/α-hetero) is 1. The van der Waals surface area contributed by atoms with Gasteiger partial charge in [0.05, 0.1) is 59.4 Å². The third-order valence-corrected chi connectivity index (χ3v) is 17.6. The number of fused-ring (bicyclic) bond motifs is 8. The van der Waals surface area contributed by atoms with Crippen molar-refractivity contribution < 1.29 is 37.5 Å². The summed E-state index contributed by atoms with van der Waals surface area (Å²) in [6, 6.07) is 9.27. The number of benzene rings is 2. The number of nitrogens with zero attached hydrogens (tertiary/aromatic N) is 10. The zero-order chi connectivity index (χ0) is 57.3. The minimum Gasteiger partial charge on any atom is -0.381 e. The zero-order valence-corrected chi connectivity index (χ0v) is 47.1. The number of carbonyl (C=O) groups is 6. The Morgan fingerprint density at radius 2 is 1.60 bits per heavy atom. The van der Waals surface area contributed by atoms with Crippen LogP contribution in [0.25, 0.3) is 11.3 Å². The number of anilines is 2. The van der Waals surface area contributed by atoms with Gasteiger partial charge in [0.2, 0.25) is 23.6 Å². The molecule has 1 unspecified atom stereocenters. The molecule has 430 valence electrons. The Hall–Kier alpha value is -7.32. The number of halogens is 2. The summed E-state index contributed by atoms with van der Waals surface area (Å²) in [6.45, 7) is 4.16. The second-order valence-corrected chi connectivity index (χ2v) is 22.8. The van der Waals surface area contributed by atoms with Crippen molar-refractivity contribution in [3.63, 3.8) is 0 Å². The van der Waals surface area contributed by atoms with Crippen LogP contribution in [-0.2, 0) is 32.3 Å². The fourth-order valence-electron chi connectivity index (χ4n) is 11.8. The number of amides is 5. The van der Waals surface area contributed by atoms with Gasteiger partial charge in [-0.1, -0.05) is 25.7 Å². The number of rotatable bonds is 20. The lowest BCUT2D eigenvalue weighted by Crippen LogP contribution is -2.58. The third-order valence-electron chi connectivity index (χ3n) is 16.4. The van der Waals surface area contributed by atoms with E-state index in [9.17, 15) is 42.8 Å². The third kappa shape index (κ3) is 13.4. The highest BCUT2D eigenvalue weighted by molar-refractivity contribution is 8.14. The van der Waals surface area contributed by atoms with E-state index in [0.29, 0.717) is 116 Å². The van der Waals surface area contributed by atoms with Gasteiger partial charge in [-0.3, -0.25) is 38.4 Å². The number of likely N-dealkylation sites (N-methyl/N-ethyl adjacent to an activating group) is 1. The molecule has 4 aromatic rings. The standard InChI is InChI=1S/C58H72F2N14O6S/c1-35(63-2)55(78)68-51(58(80)73-26-11-13-46(73)56-67-44(34-81-56)52(77)37-16-18-38(59)19-17-37)36-22-27-71(28-23-36)49(76)15-9-7-5-4-6-8-14-48(75)64-24-29-74-47(31-61)50-42-32-65-53(62)54(66-42)72-25-10-12-45(72)41-30-39(60)20-21-40(41)57(79)70(3)33-43(50)69-74/h16-21,30,32,35-36,44-46,51,63H,4-15,22-29,33-34H2,1-3H3,(H2,62,65)(H,64,75)(H,68,78)/t35-,44?,45-,46-,51-/m1/s1. The summed E-state index contributed by atoms with van der Waals surface area (Å²) in [5, 5.41) is 25.0. The van der Waals surface area contributed by atoms with Crippen molar-refractivity contribution in [3.8, 4) is 17.3 Å². The molecule has 5 aliphatic heterocycles. The quantitative estimate of drug-likeness (QED) is 0.0589. The molecule has 5 N–H and O–H groups in total. The monoisotopic (exact) mass is 1130 g/mol. The van der Waals surface area contributed by atoms with Crippen molar-refractivity contribution in [2.45, 2.75) is 140 Å². The average Bonchev–Trinajstić information content (AvgIpc) is 4.36. The number of hydrogen-bond acceptors (Lipinski definition) is 15. The van der Waals surface area contributed by atoms with Crippen molar-refractivity contribution in [2.24, 2.45) is 10.9 Å². The number of nitrogens with two attached hydrogens (primary N) is 1. The minimum absolute atomic E-state index is 0.0189. The Bertz CT molecular complexity index is 3070. The summed E-state index contributed by atoms with van der Waals surface area (Å²) in [5.74, 6) is -1.10. The van der Waals surface area contributed by atoms with Crippen molar-refractivity contribution in [1.29, 1.82) is 5.26 Å². The first kappa shape index (κ1) is 58.3. The van der Waals surface area contributed by atoms with Gasteiger partial charge in [0.15, 0.2) is 17.4 Å². The lowest BCUT2D eigenvalue weighted by atomic mass is 9.87. The van der Waals surface area contributed by atoms with Crippen molar-refractivity contribution in [2.75, 3.05) is 63.2 Å². The molecule has 0 aliphatic carbocycles. The summed E-state index contributed by atoms with van der Waals surface area (Å²) in [4.78, 5) is 103. The smallest absolute Gasteiger partial charge is 0.254 e. The van der Waals surface area contributed by atoms with Gasteiger partial charge in [0, 0.05) is 69.5 Å². The molecule has 0 radical (unpaired) electrons. The molecule has 7 heterocycles. The van der Waals surface area contributed by atoms with Crippen LogP contribution in [0.2, 0.25) is 0 Å². The first-order valence-corrected chi connectivity index (χ1v) is 29.4. The SMILES string of the molecule is CN[C@H](C)C(=O)N[C@@H](C(=O)N1CCC[C@@H]1C1=NC(C(=O)c2ccc(F)cc2)CS1)C1CCN(C(=O)CCCCCCCCC(=O)NCCn2nc3c(c2C#N)-c2cnc(N)c(n2)N2CCC[C@@H]2c2cc(F)ccc2C(=O)N(C)C3)CC1. The van der Waals surface area contributed by atoms with Crippen molar-refractivity contribution >= 4 is 63.8 Å². The number of thioether (sulfide) groups is 1. The van der Waals surface area contributed by atoms with Gasteiger partial charge in [-0.15, -0.1) is 11.8 Å². The Balaban J connectivity index is 0.706. The van der Waals surface area contributed by atoms with Crippen LogP contribution in [0.1, 0.15) is 141 Å². The molecule has 5 aliphatic rings. The van der Waals surface area contributed by atoms with Crippen molar-refractivity contribution in [1.82, 2.24) is 50.4 Å². The number of piperidine rings is 1. The van der Waals surface area contributed by atoms with E-state index in [-0.39, 0.29) is 84.5 Å². The number of nitriles is 1. The maximum atomic E-state index is 14.7. The second kappa shape index (κ2) is 26.5. The number of nitrogens with one attached hydrogen (secondary N) is 3. The Kier molecular flexibility index (Phi) is 19.1. The Morgan fingerprint density at radius 3 is 2.35 bits per heavy atom. The van der Waals surface area contributed by atoms with Crippen LogP contribution >= 0.6 is 11.8 Å². The molecule has 5 atom stereocenters. The molecule has 2 aromatic carbocycles. The van der Waals surface area contributed by atoms with Gasteiger partial charge >= 0.3 is 0 Å². The molecular weight excluding hydrogens is 1060 g/mol. The predicted octanol–water partition coefficient (Wildman–Crippen LogP) is 5.96. The van der Waals surface area contributed by atoms with Crippen LogP contribution in [0.15, 0.2) is 53.7 Å². The lowest BCUT2D eigenvalue weighted by Gasteiger charge is -2.38. The molecule has 5 amide bonds. The zero-order valence-electron chi connectivity index (χ0n) is 46.3. The lowest BCUT2D eigenvalue weighted by molar-refractivity contribution is -0.139. The Labute approximate surface area is 475 Å². The van der Waals surface area contributed by atoms with Gasteiger partial charge in [-0.05, 0) is 119 Å². The van der Waals surface area contributed by atoms with Crippen LogP contribution in [0.5, 0.6) is 0 Å². The van der Waals surface area contributed by atoms with Crippen LogP contribution in [0.3, 0.4) is 0 Å². The van der Waals surface area contributed by atoms with Crippen molar-refractivity contribution in [3.05, 3.63) is 88.4 Å². The highest BCUT2D eigenvalue weighted by atomic mass is 32.2. The van der Waals surface area contributed by atoms with E-state index in [1.165, 1.54) is 70.0 Å².